The van der Waals surface area contributed by atoms with Crippen LogP contribution in [0.15, 0.2) is 101 Å². The monoisotopic (exact) mass is 430 g/mol. The van der Waals surface area contributed by atoms with E-state index in [4.69, 9.17) is 4.74 Å². The number of halogens is 1. The van der Waals surface area contributed by atoms with Crippen LogP contribution in [0.5, 0.6) is 0 Å². The van der Waals surface area contributed by atoms with E-state index in [1.807, 2.05) is 18.2 Å². The predicted molar refractivity (Wildman–Crippen MR) is 122 cm³/mol. The van der Waals surface area contributed by atoms with Gasteiger partial charge < -0.3 is 9.64 Å². The molecule has 0 saturated heterocycles. The lowest BCUT2D eigenvalue weighted by atomic mass is 9.83. The molecule has 0 aromatic heterocycles. The van der Waals surface area contributed by atoms with E-state index in [1.54, 1.807) is 18.2 Å². The second-order valence-corrected chi connectivity index (χ2v) is 8.23. The summed E-state index contributed by atoms with van der Waals surface area (Å²) in [4.78, 5) is 25.9. The van der Waals surface area contributed by atoms with Crippen LogP contribution in [-0.2, 0) is 21.5 Å². The van der Waals surface area contributed by atoms with Gasteiger partial charge in [-0.1, -0.05) is 44.2 Å². The van der Waals surface area contributed by atoms with Crippen LogP contribution in [0.2, 0.25) is 0 Å². The summed E-state index contributed by atoms with van der Waals surface area (Å²) >= 11 is 0. The first-order chi connectivity index (χ1) is 15.3. The van der Waals surface area contributed by atoms with Gasteiger partial charge in [0.1, 0.15) is 11.5 Å². The molecule has 0 atom stereocenters. The number of ether oxygens (including phenoxy) is 1. The number of benzene rings is 2. The molecule has 4 rings (SSSR count). The van der Waals surface area contributed by atoms with E-state index in [9.17, 15) is 14.1 Å². The normalized spacial score (nSPS) is 19.6. The third kappa shape index (κ3) is 3.80. The second-order valence-electron chi connectivity index (χ2n) is 8.23. The van der Waals surface area contributed by atoms with Gasteiger partial charge in [-0.25, -0.2) is 4.39 Å². The largest absolute Gasteiger partial charge is 0.493 e. The highest BCUT2D eigenvalue weighted by molar-refractivity contribution is 6.10. The van der Waals surface area contributed by atoms with Crippen LogP contribution in [-0.4, -0.2) is 12.9 Å². The zero-order valence-electron chi connectivity index (χ0n) is 18.1. The summed E-state index contributed by atoms with van der Waals surface area (Å²) < 4.78 is 18.5. The number of Topliss-reactive ketones (excluding diaryl/α,β-unsaturated/α-hetero) is 1. The standard InChI is InChI=1S/C26H23FN2O3/c1-26(2)21-6-4-5-7-22(21)29(16-17-8-11-19(27)12-9-17)24(26)13-10-18-14-20(28-31)15-23(32-3)25(18)30/h4-15H,16H2,1-3H3/b18-10-,24-13-. The summed E-state index contributed by atoms with van der Waals surface area (Å²) in [6.07, 6.45) is 6.37. The molecule has 162 valence electrons. The minimum Gasteiger partial charge on any atom is -0.493 e. The molecule has 5 nitrogen and oxygen atoms in total. The second kappa shape index (κ2) is 8.38. The SMILES string of the molecule is COC1=CC(N=O)=C/C(=C/C=C2\N(Cc3ccc(F)cc3)c3ccccc3C2(C)C)C1=O. The molecule has 0 bridgehead atoms. The first kappa shape index (κ1) is 21.4. The molecule has 1 aliphatic carbocycles. The van der Waals surface area contributed by atoms with Crippen molar-refractivity contribution in [3.05, 3.63) is 117 Å². The summed E-state index contributed by atoms with van der Waals surface area (Å²) in [5.74, 6) is -0.514. The number of hydrogen-bond acceptors (Lipinski definition) is 5. The Balaban J connectivity index is 1.79. The minimum absolute atomic E-state index is 0.0730. The first-order valence-corrected chi connectivity index (χ1v) is 10.2. The molecule has 2 aromatic carbocycles. The summed E-state index contributed by atoms with van der Waals surface area (Å²) in [5.41, 5.74) is 4.27. The number of fused-ring (bicyclic) bond motifs is 1. The maximum atomic E-state index is 13.4. The zero-order chi connectivity index (χ0) is 22.9. The van der Waals surface area contributed by atoms with E-state index in [1.165, 1.54) is 31.4 Å². The Bertz CT molecular complexity index is 1200. The van der Waals surface area contributed by atoms with Crippen molar-refractivity contribution in [3.63, 3.8) is 0 Å². The molecular weight excluding hydrogens is 407 g/mol. The lowest BCUT2D eigenvalue weighted by Gasteiger charge is -2.27. The average molecular weight is 430 g/mol. The number of methoxy groups -OCH3 is 1. The molecule has 0 spiro atoms. The molecule has 32 heavy (non-hydrogen) atoms. The molecule has 0 fully saturated rings. The molecule has 1 heterocycles. The van der Waals surface area contributed by atoms with Crippen molar-refractivity contribution in [2.24, 2.45) is 5.18 Å². The number of anilines is 1. The van der Waals surface area contributed by atoms with Crippen LogP contribution in [0.3, 0.4) is 0 Å². The fourth-order valence-electron chi connectivity index (χ4n) is 4.19. The van der Waals surface area contributed by atoms with E-state index in [0.717, 1.165) is 22.5 Å². The molecule has 0 amide bonds. The Labute approximate surface area is 186 Å². The Kier molecular flexibility index (Phi) is 5.61. The molecule has 0 N–H and O–H groups in total. The number of carbonyl (C=O) groups is 1. The van der Waals surface area contributed by atoms with Gasteiger partial charge in [0.05, 0.1) is 7.11 Å². The highest BCUT2D eigenvalue weighted by Crippen LogP contribution is 2.48. The Hall–Kier alpha value is -3.80. The van der Waals surface area contributed by atoms with Gasteiger partial charge in [0.2, 0.25) is 5.78 Å². The first-order valence-electron chi connectivity index (χ1n) is 10.2. The van der Waals surface area contributed by atoms with Crippen LogP contribution >= 0.6 is 0 Å². The Morgan fingerprint density at radius 3 is 2.47 bits per heavy atom. The van der Waals surface area contributed by atoms with Gasteiger partial charge in [0, 0.05) is 35.0 Å². The van der Waals surface area contributed by atoms with Crippen LogP contribution < -0.4 is 4.90 Å². The molecule has 1 aliphatic heterocycles. The molecule has 6 heteroatoms. The van der Waals surface area contributed by atoms with Crippen molar-refractivity contribution in [3.8, 4) is 0 Å². The zero-order valence-corrected chi connectivity index (χ0v) is 18.1. The maximum absolute atomic E-state index is 13.4. The van der Waals surface area contributed by atoms with E-state index >= 15 is 0 Å². The van der Waals surface area contributed by atoms with E-state index < -0.39 is 0 Å². The topological polar surface area (TPSA) is 59.0 Å². The predicted octanol–water partition coefficient (Wildman–Crippen LogP) is 5.70. The minimum atomic E-state index is -0.333. The van der Waals surface area contributed by atoms with Gasteiger partial charge in [-0.3, -0.25) is 4.79 Å². The van der Waals surface area contributed by atoms with E-state index in [-0.39, 0.29) is 28.5 Å². The molecule has 0 unspecified atom stereocenters. The number of carbonyl (C=O) groups excluding carboxylic acids is 1. The van der Waals surface area contributed by atoms with Crippen molar-refractivity contribution in [2.75, 3.05) is 12.0 Å². The molecule has 0 radical (unpaired) electrons. The molecule has 2 aliphatic rings. The fraction of sp³-hybridized carbons (Fsp3) is 0.192. The fourth-order valence-corrected chi connectivity index (χ4v) is 4.19. The van der Waals surface area contributed by atoms with Crippen molar-refractivity contribution in [2.45, 2.75) is 25.8 Å². The molecular formula is C26H23FN2O3. The third-order valence-corrected chi connectivity index (χ3v) is 5.87. The van der Waals surface area contributed by atoms with Crippen LogP contribution in [0.4, 0.5) is 10.1 Å². The third-order valence-electron chi connectivity index (χ3n) is 5.87. The quantitative estimate of drug-likeness (QED) is 0.451. The van der Waals surface area contributed by atoms with Gasteiger partial charge in [-0.2, -0.15) is 0 Å². The number of ketones is 1. The highest BCUT2D eigenvalue weighted by atomic mass is 19.1. The smallest absolute Gasteiger partial charge is 0.227 e. The van der Waals surface area contributed by atoms with E-state index in [2.05, 4.69) is 36.1 Å². The Morgan fingerprint density at radius 1 is 1.06 bits per heavy atom. The number of allylic oxidation sites excluding steroid dienone is 6. The lowest BCUT2D eigenvalue weighted by Crippen LogP contribution is -2.26. The van der Waals surface area contributed by atoms with Gasteiger partial charge in [0.25, 0.3) is 0 Å². The number of nitroso groups, excluding NO2 is 1. The lowest BCUT2D eigenvalue weighted by molar-refractivity contribution is -0.114. The van der Waals surface area contributed by atoms with Crippen LogP contribution in [0.25, 0.3) is 0 Å². The summed E-state index contributed by atoms with van der Waals surface area (Å²) in [5, 5.41) is 2.95. The van der Waals surface area contributed by atoms with Crippen molar-refractivity contribution in [1.29, 1.82) is 0 Å². The van der Waals surface area contributed by atoms with Crippen molar-refractivity contribution in [1.82, 2.24) is 0 Å². The number of para-hydroxylation sites is 1. The van der Waals surface area contributed by atoms with Gasteiger partial charge in [-0.15, -0.1) is 4.91 Å². The van der Waals surface area contributed by atoms with E-state index in [0.29, 0.717) is 12.1 Å². The van der Waals surface area contributed by atoms with Gasteiger partial charge in [-0.05, 0) is 52.7 Å². The van der Waals surface area contributed by atoms with Gasteiger partial charge >= 0.3 is 0 Å². The highest BCUT2D eigenvalue weighted by Gasteiger charge is 2.39. The molecule has 2 aromatic rings. The number of nitrogens with zero attached hydrogens (tertiary/aromatic N) is 2. The number of hydrogen-bond donors (Lipinski definition) is 0. The molecule has 0 saturated carbocycles. The maximum Gasteiger partial charge on any atom is 0.227 e. The Morgan fingerprint density at radius 2 is 1.78 bits per heavy atom. The number of rotatable bonds is 5. The van der Waals surface area contributed by atoms with Crippen LogP contribution in [0, 0.1) is 10.7 Å². The van der Waals surface area contributed by atoms with Crippen molar-refractivity contribution < 1.29 is 13.9 Å². The summed E-state index contributed by atoms with van der Waals surface area (Å²) in [6.45, 7) is 4.79. The van der Waals surface area contributed by atoms with Crippen LogP contribution in [0.1, 0.15) is 25.0 Å². The van der Waals surface area contributed by atoms with Gasteiger partial charge in [0.15, 0.2) is 5.76 Å². The summed E-state index contributed by atoms with van der Waals surface area (Å²) in [7, 11) is 1.38. The average Bonchev–Trinajstić information content (AvgIpc) is 3.01. The van der Waals surface area contributed by atoms with Crippen molar-refractivity contribution >= 4 is 11.5 Å². The summed E-state index contributed by atoms with van der Waals surface area (Å²) in [6, 6.07) is 14.6.